The highest BCUT2D eigenvalue weighted by Crippen LogP contribution is 2.29. The lowest BCUT2D eigenvalue weighted by molar-refractivity contribution is -0.137. The van der Waals surface area contributed by atoms with E-state index >= 15 is 0 Å². The van der Waals surface area contributed by atoms with Crippen LogP contribution < -0.4 is 4.90 Å². The highest BCUT2D eigenvalue weighted by molar-refractivity contribution is 6.05. The maximum absolute atomic E-state index is 12.5. The fourth-order valence-corrected chi connectivity index (χ4v) is 1.81. The van der Waals surface area contributed by atoms with Crippen molar-refractivity contribution in [3.05, 3.63) is 59.7 Å². The summed E-state index contributed by atoms with van der Waals surface area (Å²) in [5, 5.41) is 9.38. The number of phenols is 1. The van der Waals surface area contributed by atoms with Crippen LogP contribution in [0.2, 0.25) is 0 Å². The molecule has 0 aliphatic heterocycles. The van der Waals surface area contributed by atoms with Crippen LogP contribution in [0, 0.1) is 0 Å². The molecule has 2 aromatic rings. The molecule has 0 aromatic heterocycles. The summed E-state index contributed by atoms with van der Waals surface area (Å²) >= 11 is 0. The van der Waals surface area contributed by atoms with E-state index in [1.165, 1.54) is 24.1 Å². The molecule has 1 amide bonds. The molecule has 0 fully saturated rings. The fraction of sp³-hybridized carbons (Fsp3) is 0.133. The van der Waals surface area contributed by atoms with Crippen LogP contribution >= 0.6 is 0 Å². The first kappa shape index (κ1) is 14.9. The van der Waals surface area contributed by atoms with E-state index in [1.54, 1.807) is 12.1 Å². The van der Waals surface area contributed by atoms with Gasteiger partial charge in [0.15, 0.2) is 0 Å². The molecule has 3 nitrogen and oxygen atoms in total. The number of hydrogen-bond acceptors (Lipinski definition) is 2. The highest BCUT2D eigenvalue weighted by Gasteiger charge is 2.30. The molecule has 0 saturated heterocycles. The Kier molecular flexibility index (Phi) is 3.88. The van der Waals surface area contributed by atoms with Crippen molar-refractivity contribution in [1.82, 2.24) is 0 Å². The molecule has 0 radical (unpaired) electrons. The largest absolute Gasteiger partial charge is 0.508 e. The van der Waals surface area contributed by atoms with E-state index in [4.69, 9.17) is 0 Å². The van der Waals surface area contributed by atoms with Crippen molar-refractivity contribution < 1.29 is 23.1 Å². The average Bonchev–Trinajstić information content (AvgIpc) is 2.45. The summed E-state index contributed by atoms with van der Waals surface area (Å²) in [6.45, 7) is 0. The van der Waals surface area contributed by atoms with E-state index in [9.17, 15) is 23.1 Å². The molecule has 21 heavy (non-hydrogen) atoms. The number of carbonyl (C=O) groups excluding carboxylic acids is 1. The van der Waals surface area contributed by atoms with E-state index in [-0.39, 0.29) is 11.3 Å². The third-order valence-electron chi connectivity index (χ3n) is 2.98. The first-order chi connectivity index (χ1) is 9.79. The molecule has 0 atom stereocenters. The second kappa shape index (κ2) is 5.47. The molecule has 0 saturated carbocycles. The van der Waals surface area contributed by atoms with Gasteiger partial charge in [0.05, 0.1) is 5.56 Å². The number of carbonyl (C=O) groups is 1. The van der Waals surface area contributed by atoms with Crippen LogP contribution in [0.25, 0.3) is 0 Å². The van der Waals surface area contributed by atoms with Crippen LogP contribution in [0.1, 0.15) is 15.9 Å². The Morgan fingerprint density at radius 2 is 1.71 bits per heavy atom. The maximum atomic E-state index is 12.5. The Morgan fingerprint density at radius 3 is 2.24 bits per heavy atom. The number of halogens is 3. The van der Waals surface area contributed by atoms with Crippen LogP contribution in [-0.2, 0) is 6.18 Å². The monoisotopic (exact) mass is 295 g/mol. The Labute approximate surface area is 119 Å². The summed E-state index contributed by atoms with van der Waals surface area (Å²) in [4.78, 5) is 13.4. The molecular weight excluding hydrogens is 283 g/mol. The Hall–Kier alpha value is -2.50. The van der Waals surface area contributed by atoms with Crippen LogP contribution in [0.3, 0.4) is 0 Å². The molecule has 2 aromatic carbocycles. The zero-order valence-electron chi connectivity index (χ0n) is 11.1. The van der Waals surface area contributed by atoms with E-state index in [2.05, 4.69) is 0 Å². The highest BCUT2D eigenvalue weighted by atomic mass is 19.4. The molecule has 0 unspecified atom stereocenters. The van der Waals surface area contributed by atoms with Crippen LogP contribution in [-0.4, -0.2) is 18.1 Å². The van der Waals surface area contributed by atoms with Gasteiger partial charge in [-0.1, -0.05) is 6.07 Å². The predicted molar refractivity (Wildman–Crippen MR) is 72.3 cm³/mol. The lowest BCUT2D eigenvalue weighted by Gasteiger charge is -2.18. The lowest BCUT2D eigenvalue weighted by atomic mass is 10.1. The second-order valence-corrected chi connectivity index (χ2v) is 4.46. The first-order valence-electron chi connectivity index (χ1n) is 6.03. The van der Waals surface area contributed by atoms with E-state index in [0.29, 0.717) is 5.69 Å². The molecule has 0 bridgehead atoms. The summed E-state index contributed by atoms with van der Waals surface area (Å²) in [7, 11) is 1.48. The third kappa shape index (κ3) is 3.34. The summed E-state index contributed by atoms with van der Waals surface area (Å²) in [5.41, 5.74) is -0.229. The number of hydrogen-bond donors (Lipinski definition) is 1. The van der Waals surface area contributed by atoms with Crippen LogP contribution in [0.15, 0.2) is 48.5 Å². The number of anilines is 1. The number of rotatable bonds is 2. The Balaban J connectivity index is 2.24. The summed E-state index contributed by atoms with van der Waals surface area (Å²) in [6.07, 6.45) is -4.43. The minimum absolute atomic E-state index is 0.000399. The zero-order valence-corrected chi connectivity index (χ0v) is 11.1. The van der Waals surface area contributed by atoms with Crippen molar-refractivity contribution in [3.63, 3.8) is 0 Å². The van der Waals surface area contributed by atoms with Crippen molar-refractivity contribution in [2.24, 2.45) is 0 Å². The van der Waals surface area contributed by atoms with Crippen molar-refractivity contribution in [3.8, 4) is 5.75 Å². The molecule has 0 spiro atoms. The third-order valence-corrected chi connectivity index (χ3v) is 2.98. The minimum atomic E-state index is -4.43. The van der Waals surface area contributed by atoms with Gasteiger partial charge in [0.2, 0.25) is 0 Å². The summed E-state index contributed by atoms with van der Waals surface area (Å²) in [5.74, 6) is -0.464. The number of phenolic OH excluding ortho intramolecular Hbond substituents is 1. The average molecular weight is 295 g/mol. The molecule has 0 aliphatic carbocycles. The maximum Gasteiger partial charge on any atom is 0.416 e. The number of alkyl halides is 3. The minimum Gasteiger partial charge on any atom is -0.508 e. The fourth-order valence-electron chi connectivity index (χ4n) is 1.81. The molecule has 1 N–H and O–H groups in total. The Bertz CT molecular complexity index is 651. The molecule has 0 heterocycles. The Morgan fingerprint density at radius 1 is 1.10 bits per heavy atom. The lowest BCUT2D eigenvalue weighted by Crippen LogP contribution is -2.26. The number of aromatic hydroxyl groups is 1. The molecular formula is C15H12F3NO2. The molecule has 6 heteroatoms. The standard InChI is InChI=1S/C15H12F3NO2/c1-19(12-3-2-4-13(20)9-12)14(21)10-5-7-11(8-6-10)15(16,17)18/h2-9,20H,1H3. The van der Waals surface area contributed by atoms with E-state index in [0.717, 1.165) is 24.3 Å². The smallest absolute Gasteiger partial charge is 0.416 e. The number of benzene rings is 2. The van der Waals surface area contributed by atoms with Crippen molar-refractivity contribution in [2.75, 3.05) is 11.9 Å². The van der Waals surface area contributed by atoms with Crippen LogP contribution in [0.4, 0.5) is 18.9 Å². The van der Waals surface area contributed by atoms with Crippen LogP contribution in [0.5, 0.6) is 5.75 Å². The zero-order chi connectivity index (χ0) is 15.6. The van der Waals surface area contributed by atoms with Gasteiger partial charge in [-0.15, -0.1) is 0 Å². The van der Waals surface area contributed by atoms with Gasteiger partial charge in [0.1, 0.15) is 5.75 Å². The van der Waals surface area contributed by atoms with Gasteiger partial charge in [-0.3, -0.25) is 4.79 Å². The van der Waals surface area contributed by atoms with E-state index < -0.39 is 17.6 Å². The van der Waals surface area contributed by atoms with Crippen molar-refractivity contribution >= 4 is 11.6 Å². The molecule has 110 valence electrons. The van der Waals surface area contributed by atoms with Crippen molar-refractivity contribution in [1.29, 1.82) is 0 Å². The quantitative estimate of drug-likeness (QED) is 0.918. The molecule has 0 aliphatic rings. The van der Waals surface area contributed by atoms with Gasteiger partial charge in [0.25, 0.3) is 5.91 Å². The number of amides is 1. The number of nitrogens with zero attached hydrogens (tertiary/aromatic N) is 1. The molecule has 2 rings (SSSR count). The predicted octanol–water partition coefficient (Wildman–Crippen LogP) is 3.69. The normalized spacial score (nSPS) is 11.2. The summed E-state index contributed by atoms with van der Waals surface area (Å²) in [6, 6.07) is 10.0. The summed E-state index contributed by atoms with van der Waals surface area (Å²) < 4.78 is 37.4. The van der Waals surface area contributed by atoms with Gasteiger partial charge in [0, 0.05) is 24.4 Å². The SMILES string of the molecule is CN(C(=O)c1ccc(C(F)(F)F)cc1)c1cccc(O)c1. The second-order valence-electron chi connectivity index (χ2n) is 4.46. The van der Waals surface area contributed by atoms with Gasteiger partial charge in [-0.2, -0.15) is 13.2 Å². The van der Waals surface area contributed by atoms with Crippen molar-refractivity contribution in [2.45, 2.75) is 6.18 Å². The topological polar surface area (TPSA) is 40.5 Å². The van der Waals surface area contributed by atoms with Gasteiger partial charge >= 0.3 is 6.18 Å². The van der Waals surface area contributed by atoms with Gasteiger partial charge in [-0.25, -0.2) is 0 Å². The first-order valence-corrected chi connectivity index (χ1v) is 6.03. The van der Waals surface area contributed by atoms with E-state index in [1.807, 2.05) is 0 Å². The van der Waals surface area contributed by atoms with Gasteiger partial charge < -0.3 is 10.0 Å². The van der Waals surface area contributed by atoms with Gasteiger partial charge in [-0.05, 0) is 36.4 Å².